The largest absolute Gasteiger partial charge is 0.460 e. The maximum Gasteiger partial charge on any atom is 0.309 e. The van der Waals surface area contributed by atoms with E-state index in [-0.39, 0.29) is 16.8 Å². The van der Waals surface area contributed by atoms with Gasteiger partial charge in [0.25, 0.3) is 0 Å². The highest BCUT2D eigenvalue weighted by Crippen LogP contribution is 2.50. The Hall–Kier alpha value is -1.47. The molecule has 0 spiro atoms. The average Bonchev–Trinajstić information content (AvgIpc) is 3.48. The first kappa shape index (κ1) is 25.2. The molecule has 1 heterocycles. The molecular formula is C25H39NO5S. The number of ether oxygens (including phenoxy) is 2. The van der Waals surface area contributed by atoms with Gasteiger partial charge in [-0.15, -0.1) is 0 Å². The maximum absolute atomic E-state index is 12.5. The predicted molar refractivity (Wildman–Crippen MR) is 124 cm³/mol. The summed E-state index contributed by atoms with van der Waals surface area (Å²) in [5.41, 5.74) is 0.327. The lowest BCUT2D eigenvalue weighted by atomic mass is 9.86. The SMILES string of the molecule is CC(C(=O)OC(C)(C)C)C1CCCC(C2CC2COCc2ccc(S(C)(=O)=O)cn2)CC1. The molecule has 0 amide bonds. The third kappa shape index (κ3) is 7.27. The summed E-state index contributed by atoms with van der Waals surface area (Å²) >= 11 is 0. The summed E-state index contributed by atoms with van der Waals surface area (Å²) in [5, 5.41) is 0. The zero-order chi connectivity index (χ0) is 23.5. The lowest BCUT2D eigenvalue weighted by Gasteiger charge is -2.26. The summed E-state index contributed by atoms with van der Waals surface area (Å²) in [6.07, 6.45) is 9.63. The van der Waals surface area contributed by atoms with E-state index in [1.807, 2.05) is 27.7 Å². The van der Waals surface area contributed by atoms with E-state index in [1.165, 1.54) is 38.1 Å². The van der Waals surface area contributed by atoms with Crippen LogP contribution >= 0.6 is 0 Å². The van der Waals surface area contributed by atoms with Crippen molar-refractivity contribution in [2.45, 2.75) is 83.3 Å². The van der Waals surface area contributed by atoms with E-state index in [0.29, 0.717) is 18.4 Å². The molecule has 0 aliphatic heterocycles. The Morgan fingerprint density at radius 2 is 1.94 bits per heavy atom. The van der Waals surface area contributed by atoms with Crippen LogP contribution in [0.3, 0.4) is 0 Å². The molecule has 5 unspecified atom stereocenters. The Labute approximate surface area is 193 Å². The van der Waals surface area contributed by atoms with Crippen LogP contribution in [0.1, 0.15) is 71.9 Å². The van der Waals surface area contributed by atoms with Gasteiger partial charge in [-0.05, 0) is 82.3 Å². The number of aromatic nitrogens is 1. The Morgan fingerprint density at radius 1 is 1.19 bits per heavy atom. The number of hydrogen-bond donors (Lipinski definition) is 0. The van der Waals surface area contributed by atoms with E-state index < -0.39 is 15.4 Å². The standard InChI is InChI=1S/C25H39NO5S/c1-17(24(27)31-25(2,3)4)18-7-6-8-19(10-9-18)23-13-20(23)15-30-16-21-11-12-22(14-26-21)32(5,28)29/h11-12,14,17-20,23H,6-10,13,15-16H2,1-5H3. The van der Waals surface area contributed by atoms with Crippen molar-refractivity contribution in [3.05, 3.63) is 24.0 Å². The minimum absolute atomic E-state index is 0.0344. The Morgan fingerprint density at radius 3 is 2.56 bits per heavy atom. The van der Waals surface area contributed by atoms with Crippen molar-refractivity contribution in [1.29, 1.82) is 0 Å². The van der Waals surface area contributed by atoms with Gasteiger partial charge >= 0.3 is 5.97 Å². The van der Waals surface area contributed by atoms with E-state index in [0.717, 1.165) is 37.0 Å². The molecule has 0 bridgehead atoms. The fraction of sp³-hybridized carbons (Fsp3) is 0.760. The molecule has 2 aliphatic rings. The zero-order valence-electron chi connectivity index (χ0n) is 20.2. The first-order valence-electron chi connectivity index (χ1n) is 11.9. The van der Waals surface area contributed by atoms with Crippen molar-refractivity contribution in [2.75, 3.05) is 12.9 Å². The molecule has 1 aromatic heterocycles. The third-order valence-electron chi connectivity index (χ3n) is 6.93. The second-order valence-corrected chi connectivity index (χ2v) is 12.8. The highest BCUT2D eigenvalue weighted by molar-refractivity contribution is 7.90. The first-order valence-corrected chi connectivity index (χ1v) is 13.8. The summed E-state index contributed by atoms with van der Waals surface area (Å²) in [7, 11) is -3.22. The number of esters is 1. The van der Waals surface area contributed by atoms with Crippen molar-refractivity contribution >= 4 is 15.8 Å². The Kier molecular flexibility index (Phi) is 8.02. The fourth-order valence-corrected chi connectivity index (χ4v) is 5.50. The number of pyridine rings is 1. The molecule has 0 radical (unpaired) electrons. The highest BCUT2D eigenvalue weighted by atomic mass is 32.2. The van der Waals surface area contributed by atoms with Gasteiger partial charge in [0.05, 0.1) is 29.7 Å². The van der Waals surface area contributed by atoms with Crippen LogP contribution in [0.4, 0.5) is 0 Å². The van der Waals surface area contributed by atoms with Crippen LogP contribution in [-0.4, -0.2) is 37.8 Å². The lowest BCUT2D eigenvalue weighted by molar-refractivity contribution is -0.161. The van der Waals surface area contributed by atoms with Crippen LogP contribution in [0.15, 0.2) is 23.2 Å². The summed E-state index contributed by atoms with van der Waals surface area (Å²) in [5.74, 6) is 2.39. The van der Waals surface area contributed by atoms with E-state index >= 15 is 0 Å². The Bertz CT molecular complexity index is 875. The first-order chi connectivity index (χ1) is 14.9. The van der Waals surface area contributed by atoms with Crippen molar-refractivity contribution in [3.8, 4) is 0 Å². The minimum Gasteiger partial charge on any atom is -0.460 e. The van der Waals surface area contributed by atoms with E-state index in [9.17, 15) is 13.2 Å². The maximum atomic E-state index is 12.5. The van der Waals surface area contributed by atoms with Gasteiger partial charge < -0.3 is 9.47 Å². The fourth-order valence-electron chi connectivity index (χ4n) is 4.94. The second-order valence-electron chi connectivity index (χ2n) is 10.8. The van der Waals surface area contributed by atoms with Crippen molar-refractivity contribution in [2.24, 2.45) is 29.6 Å². The van der Waals surface area contributed by atoms with Crippen molar-refractivity contribution in [3.63, 3.8) is 0 Å². The minimum atomic E-state index is -3.22. The normalized spacial score (nSPS) is 27.4. The zero-order valence-corrected chi connectivity index (χ0v) is 21.0. The van der Waals surface area contributed by atoms with Gasteiger partial charge in [-0.25, -0.2) is 8.42 Å². The van der Waals surface area contributed by atoms with Crippen LogP contribution in [0.5, 0.6) is 0 Å². The van der Waals surface area contributed by atoms with Gasteiger partial charge in [0.15, 0.2) is 9.84 Å². The molecule has 3 rings (SSSR count). The number of rotatable bonds is 8. The van der Waals surface area contributed by atoms with E-state index in [2.05, 4.69) is 4.98 Å². The second kappa shape index (κ2) is 10.2. The van der Waals surface area contributed by atoms with Crippen LogP contribution in [0, 0.1) is 29.6 Å². The molecular weight excluding hydrogens is 426 g/mol. The summed E-state index contributed by atoms with van der Waals surface area (Å²) in [4.78, 5) is 16.9. The predicted octanol–water partition coefficient (Wildman–Crippen LogP) is 4.81. The molecule has 7 heteroatoms. The van der Waals surface area contributed by atoms with Gasteiger partial charge in [-0.2, -0.15) is 0 Å². The Balaban J connectivity index is 1.39. The number of hydrogen-bond acceptors (Lipinski definition) is 6. The molecule has 32 heavy (non-hydrogen) atoms. The van der Waals surface area contributed by atoms with Crippen molar-refractivity contribution in [1.82, 2.24) is 4.98 Å². The molecule has 2 aliphatic carbocycles. The van der Waals surface area contributed by atoms with E-state index in [1.54, 1.807) is 12.1 Å². The van der Waals surface area contributed by atoms with Gasteiger partial charge in [-0.1, -0.05) is 19.8 Å². The molecule has 0 N–H and O–H groups in total. The molecule has 2 fully saturated rings. The number of carbonyl (C=O) groups excluding carboxylic acids is 1. The van der Waals surface area contributed by atoms with E-state index in [4.69, 9.17) is 9.47 Å². The van der Waals surface area contributed by atoms with Crippen LogP contribution in [0.25, 0.3) is 0 Å². The molecule has 6 nitrogen and oxygen atoms in total. The molecule has 180 valence electrons. The van der Waals surface area contributed by atoms with Gasteiger partial charge in [0.1, 0.15) is 5.60 Å². The van der Waals surface area contributed by atoms with Crippen molar-refractivity contribution < 1.29 is 22.7 Å². The summed E-state index contributed by atoms with van der Waals surface area (Å²) in [6.45, 7) is 8.95. The highest BCUT2D eigenvalue weighted by Gasteiger charge is 2.43. The van der Waals surface area contributed by atoms with Gasteiger partial charge in [-0.3, -0.25) is 9.78 Å². The monoisotopic (exact) mass is 465 g/mol. The average molecular weight is 466 g/mol. The topological polar surface area (TPSA) is 82.6 Å². The number of carbonyl (C=O) groups is 1. The van der Waals surface area contributed by atoms with Gasteiger partial charge in [0.2, 0.25) is 0 Å². The molecule has 5 atom stereocenters. The number of nitrogens with zero attached hydrogens (tertiary/aromatic N) is 1. The molecule has 2 saturated carbocycles. The molecule has 0 saturated heterocycles. The smallest absolute Gasteiger partial charge is 0.309 e. The van der Waals surface area contributed by atoms with Crippen LogP contribution in [-0.2, 0) is 30.7 Å². The molecule has 0 aromatic carbocycles. The quantitative estimate of drug-likeness (QED) is 0.405. The van der Waals surface area contributed by atoms with Gasteiger partial charge in [0, 0.05) is 12.5 Å². The number of sulfone groups is 1. The molecule has 1 aromatic rings. The summed E-state index contributed by atoms with van der Waals surface area (Å²) < 4.78 is 34.5. The third-order valence-corrected chi connectivity index (χ3v) is 8.03. The van der Waals surface area contributed by atoms with Crippen LogP contribution in [0.2, 0.25) is 0 Å². The van der Waals surface area contributed by atoms with Crippen LogP contribution < -0.4 is 0 Å². The lowest BCUT2D eigenvalue weighted by Crippen LogP contribution is -2.31. The summed E-state index contributed by atoms with van der Waals surface area (Å²) in [6, 6.07) is 3.30.